The Balaban J connectivity index is 2.31. The van der Waals surface area contributed by atoms with Crippen LogP contribution in [0.5, 0.6) is 5.75 Å². The van der Waals surface area contributed by atoms with Gasteiger partial charge in [0.15, 0.2) is 5.78 Å². The molecule has 19 heavy (non-hydrogen) atoms. The van der Waals surface area contributed by atoms with E-state index in [2.05, 4.69) is 4.74 Å². The molecule has 0 unspecified atom stereocenters. The number of rotatable bonds is 4. The van der Waals surface area contributed by atoms with Crippen LogP contribution in [0.2, 0.25) is 0 Å². The van der Waals surface area contributed by atoms with E-state index in [4.69, 9.17) is 4.74 Å². The SMILES string of the molecule is COC(=O)CC(=O)c1ccc2cc(OC)ccc2c1. The molecule has 4 heteroatoms. The van der Waals surface area contributed by atoms with Crippen molar-refractivity contribution in [1.82, 2.24) is 0 Å². The third-order valence-corrected chi connectivity index (χ3v) is 2.90. The molecule has 0 radical (unpaired) electrons. The van der Waals surface area contributed by atoms with Crippen LogP contribution in [-0.4, -0.2) is 26.0 Å². The van der Waals surface area contributed by atoms with Crippen molar-refractivity contribution in [3.63, 3.8) is 0 Å². The fourth-order valence-corrected chi connectivity index (χ4v) is 1.83. The standard InChI is InChI=1S/C15H14O4/c1-18-13-6-5-10-7-12(4-3-11(10)8-13)14(16)9-15(17)19-2/h3-8H,9H2,1-2H3. The second-order valence-corrected chi connectivity index (χ2v) is 4.10. The average molecular weight is 258 g/mol. The Labute approximate surface area is 110 Å². The molecule has 0 aliphatic rings. The van der Waals surface area contributed by atoms with Gasteiger partial charge < -0.3 is 9.47 Å². The molecule has 0 N–H and O–H groups in total. The summed E-state index contributed by atoms with van der Waals surface area (Å²) in [6.07, 6.45) is -0.238. The smallest absolute Gasteiger partial charge is 0.313 e. The Morgan fingerprint density at radius 1 is 1.00 bits per heavy atom. The second-order valence-electron chi connectivity index (χ2n) is 4.10. The molecular formula is C15H14O4. The van der Waals surface area contributed by atoms with E-state index < -0.39 is 5.97 Å². The zero-order valence-corrected chi connectivity index (χ0v) is 10.8. The summed E-state index contributed by atoms with van der Waals surface area (Å²) in [6, 6.07) is 10.9. The molecule has 0 amide bonds. The van der Waals surface area contributed by atoms with Gasteiger partial charge in [0.05, 0.1) is 14.2 Å². The highest BCUT2D eigenvalue weighted by Crippen LogP contribution is 2.22. The first-order chi connectivity index (χ1) is 9.13. The summed E-state index contributed by atoms with van der Waals surface area (Å²) in [4.78, 5) is 22.9. The minimum absolute atomic E-state index is 0.238. The number of esters is 1. The first-order valence-electron chi connectivity index (χ1n) is 5.82. The predicted molar refractivity (Wildman–Crippen MR) is 71.5 cm³/mol. The van der Waals surface area contributed by atoms with E-state index in [1.807, 2.05) is 24.3 Å². The van der Waals surface area contributed by atoms with Gasteiger partial charge in [-0.1, -0.05) is 18.2 Å². The number of Topliss-reactive ketones (excluding diaryl/α,β-unsaturated/α-hetero) is 1. The summed E-state index contributed by atoms with van der Waals surface area (Å²) in [6.45, 7) is 0. The molecule has 0 aliphatic heterocycles. The lowest BCUT2D eigenvalue weighted by Crippen LogP contribution is -2.09. The Hall–Kier alpha value is -2.36. The minimum Gasteiger partial charge on any atom is -0.497 e. The minimum atomic E-state index is -0.528. The molecule has 0 bridgehead atoms. The first-order valence-corrected chi connectivity index (χ1v) is 5.82. The van der Waals surface area contributed by atoms with Gasteiger partial charge in [-0.25, -0.2) is 0 Å². The predicted octanol–water partition coefficient (Wildman–Crippen LogP) is 2.59. The Morgan fingerprint density at radius 3 is 2.37 bits per heavy atom. The van der Waals surface area contributed by atoms with Crippen molar-refractivity contribution in [3.8, 4) is 5.75 Å². The highest BCUT2D eigenvalue weighted by molar-refractivity contribution is 6.07. The molecule has 0 aliphatic carbocycles. The molecule has 0 saturated carbocycles. The van der Waals surface area contributed by atoms with Crippen LogP contribution in [0.3, 0.4) is 0 Å². The fraction of sp³-hybridized carbons (Fsp3) is 0.200. The highest BCUT2D eigenvalue weighted by Gasteiger charge is 2.12. The van der Waals surface area contributed by atoms with Crippen molar-refractivity contribution in [2.45, 2.75) is 6.42 Å². The summed E-state index contributed by atoms with van der Waals surface area (Å²) < 4.78 is 9.62. The summed E-state index contributed by atoms with van der Waals surface area (Å²) in [5.41, 5.74) is 0.503. The van der Waals surface area contributed by atoms with Crippen LogP contribution in [0.1, 0.15) is 16.8 Å². The van der Waals surface area contributed by atoms with Gasteiger partial charge >= 0.3 is 5.97 Å². The lowest BCUT2D eigenvalue weighted by Gasteiger charge is -2.05. The van der Waals surface area contributed by atoms with Crippen LogP contribution < -0.4 is 4.74 Å². The molecule has 2 aromatic rings. The zero-order valence-electron chi connectivity index (χ0n) is 10.8. The quantitative estimate of drug-likeness (QED) is 0.480. The molecule has 4 nitrogen and oxygen atoms in total. The normalized spacial score (nSPS) is 10.2. The van der Waals surface area contributed by atoms with Crippen LogP contribution in [0.4, 0.5) is 0 Å². The molecule has 0 atom stereocenters. The van der Waals surface area contributed by atoms with Crippen molar-refractivity contribution in [1.29, 1.82) is 0 Å². The van der Waals surface area contributed by atoms with Crippen LogP contribution in [0.15, 0.2) is 36.4 Å². The summed E-state index contributed by atoms with van der Waals surface area (Å²) in [7, 11) is 2.87. The van der Waals surface area contributed by atoms with Crippen molar-refractivity contribution >= 4 is 22.5 Å². The second kappa shape index (κ2) is 5.52. The van der Waals surface area contributed by atoms with Crippen LogP contribution >= 0.6 is 0 Å². The molecule has 0 aromatic heterocycles. The largest absolute Gasteiger partial charge is 0.497 e. The number of carbonyl (C=O) groups excluding carboxylic acids is 2. The first kappa shape index (κ1) is 13.1. The van der Waals surface area contributed by atoms with Crippen molar-refractivity contribution in [3.05, 3.63) is 42.0 Å². The Bertz CT molecular complexity index is 631. The van der Waals surface area contributed by atoms with Crippen LogP contribution in [-0.2, 0) is 9.53 Å². The van der Waals surface area contributed by atoms with Gasteiger partial charge in [0, 0.05) is 5.56 Å². The number of hydrogen-bond acceptors (Lipinski definition) is 4. The van der Waals surface area contributed by atoms with Crippen molar-refractivity contribution < 1.29 is 19.1 Å². The average Bonchev–Trinajstić information content (AvgIpc) is 2.45. The third-order valence-electron chi connectivity index (χ3n) is 2.90. The van der Waals surface area contributed by atoms with E-state index in [0.717, 1.165) is 16.5 Å². The summed E-state index contributed by atoms with van der Waals surface area (Å²) in [5, 5.41) is 1.91. The number of fused-ring (bicyclic) bond motifs is 1. The van der Waals surface area contributed by atoms with Crippen LogP contribution in [0, 0.1) is 0 Å². The molecule has 0 heterocycles. The molecule has 2 rings (SSSR count). The molecular weight excluding hydrogens is 244 g/mol. The zero-order chi connectivity index (χ0) is 13.8. The van der Waals surface area contributed by atoms with E-state index in [1.54, 1.807) is 19.2 Å². The number of hydrogen-bond donors (Lipinski definition) is 0. The number of methoxy groups -OCH3 is 2. The van der Waals surface area contributed by atoms with E-state index >= 15 is 0 Å². The maximum Gasteiger partial charge on any atom is 0.313 e. The maximum absolute atomic E-state index is 11.9. The van der Waals surface area contributed by atoms with E-state index in [1.165, 1.54) is 7.11 Å². The monoisotopic (exact) mass is 258 g/mol. The Morgan fingerprint density at radius 2 is 1.68 bits per heavy atom. The molecule has 2 aromatic carbocycles. The van der Waals surface area contributed by atoms with E-state index in [9.17, 15) is 9.59 Å². The lowest BCUT2D eigenvalue weighted by atomic mass is 10.0. The van der Waals surface area contributed by atoms with Gasteiger partial charge in [-0.15, -0.1) is 0 Å². The van der Waals surface area contributed by atoms with E-state index in [-0.39, 0.29) is 12.2 Å². The topological polar surface area (TPSA) is 52.6 Å². The van der Waals surface area contributed by atoms with Gasteiger partial charge in [0.25, 0.3) is 0 Å². The van der Waals surface area contributed by atoms with Crippen molar-refractivity contribution in [2.75, 3.05) is 14.2 Å². The van der Waals surface area contributed by atoms with Gasteiger partial charge in [-0.2, -0.15) is 0 Å². The molecule has 0 saturated heterocycles. The molecule has 0 spiro atoms. The third kappa shape index (κ3) is 2.91. The Kier molecular flexibility index (Phi) is 3.80. The number of benzene rings is 2. The highest BCUT2D eigenvalue weighted by atomic mass is 16.5. The maximum atomic E-state index is 11.9. The van der Waals surface area contributed by atoms with Gasteiger partial charge in [-0.05, 0) is 29.0 Å². The van der Waals surface area contributed by atoms with Crippen molar-refractivity contribution in [2.24, 2.45) is 0 Å². The molecule has 98 valence electrons. The number of ether oxygens (including phenoxy) is 2. The molecule has 0 fully saturated rings. The summed E-state index contributed by atoms with van der Waals surface area (Å²) in [5.74, 6) is -0.00877. The van der Waals surface area contributed by atoms with E-state index in [0.29, 0.717) is 5.56 Å². The fourth-order valence-electron chi connectivity index (χ4n) is 1.83. The summed E-state index contributed by atoms with van der Waals surface area (Å²) >= 11 is 0. The van der Waals surface area contributed by atoms with Gasteiger partial charge in [-0.3, -0.25) is 9.59 Å². The number of ketones is 1. The van der Waals surface area contributed by atoms with Gasteiger partial charge in [0.2, 0.25) is 0 Å². The number of carbonyl (C=O) groups is 2. The van der Waals surface area contributed by atoms with Gasteiger partial charge in [0.1, 0.15) is 12.2 Å². The lowest BCUT2D eigenvalue weighted by molar-refractivity contribution is -0.139. The van der Waals surface area contributed by atoms with Crippen LogP contribution in [0.25, 0.3) is 10.8 Å².